The third-order valence-corrected chi connectivity index (χ3v) is 5.09. The lowest BCUT2D eigenvalue weighted by Gasteiger charge is -2.48. The number of rotatable bonds is 2. The van der Waals surface area contributed by atoms with E-state index in [0.717, 1.165) is 57.8 Å². The molecule has 4 heterocycles. The molecule has 0 bridgehead atoms. The standard InChI is InChI=1S/C17H21N5O2/c23-15(14-10-18-13-24-14)21-8-1-4-17(11-21)5-2-9-22(12-17)16-19-6-3-7-20-16/h3,6-7,10,13H,1-2,4-5,8-9,11-12H2. The number of nitrogens with zero attached hydrogens (tertiary/aromatic N) is 5. The molecule has 0 N–H and O–H groups in total. The van der Waals surface area contributed by atoms with E-state index in [-0.39, 0.29) is 11.3 Å². The van der Waals surface area contributed by atoms with E-state index in [4.69, 9.17) is 4.42 Å². The molecule has 4 rings (SSSR count). The van der Waals surface area contributed by atoms with Gasteiger partial charge in [0, 0.05) is 44.0 Å². The first-order valence-corrected chi connectivity index (χ1v) is 8.46. The summed E-state index contributed by atoms with van der Waals surface area (Å²) < 4.78 is 5.18. The molecule has 2 fully saturated rings. The number of carbonyl (C=O) groups is 1. The summed E-state index contributed by atoms with van der Waals surface area (Å²) in [4.78, 5) is 29.4. The van der Waals surface area contributed by atoms with Crippen molar-refractivity contribution < 1.29 is 9.21 Å². The van der Waals surface area contributed by atoms with Crippen molar-refractivity contribution in [1.29, 1.82) is 0 Å². The SMILES string of the molecule is O=C(c1cnco1)N1CCCC2(CCCN(c3ncccn3)C2)C1. The Balaban J connectivity index is 1.50. The fourth-order valence-corrected chi connectivity index (χ4v) is 4.02. The van der Waals surface area contributed by atoms with Crippen LogP contribution < -0.4 is 4.90 Å². The van der Waals surface area contributed by atoms with Gasteiger partial charge in [-0.3, -0.25) is 4.79 Å². The molecule has 1 spiro atoms. The summed E-state index contributed by atoms with van der Waals surface area (Å²) in [6.07, 6.45) is 10.8. The first-order valence-electron chi connectivity index (χ1n) is 8.46. The van der Waals surface area contributed by atoms with E-state index in [0.29, 0.717) is 5.76 Å². The molecule has 1 amide bonds. The molecule has 0 aliphatic carbocycles. The zero-order valence-corrected chi connectivity index (χ0v) is 13.6. The Morgan fingerprint density at radius 3 is 2.67 bits per heavy atom. The highest BCUT2D eigenvalue weighted by Crippen LogP contribution is 2.39. The molecule has 2 aromatic heterocycles. The zero-order chi connectivity index (χ0) is 16.4. The summed E-state index contributed by atoms with van der Waals surface area (Å²) in [5, 5.41) is 0. The van der Waals surface area contributed by atoms with Gasteiger partial charge in [-0.15, -0.1) is 0 Å². The molecule has 7 heteroatoms. The minimum atomic E-state index is -0.0559. The van der Waals surface area contributed by atoms with Crippen LogP contribution in [0.3, 0.4) is 0 Å². The molecule has 24 heavy (non-hydrogen) atoms. The van der Waals surface area contributed by atoms with Crippen LogP contribution in [0.25, 0.3) is 0 Å². The Morgan fingerprint density at radius 1 is 1.12 bits per heavy atom. The van der Waals surface area contributed by atoms with Crippen LogP contribution in [0.4, 0.5) is 5.95 Å². The summed E-state index contributed by atoms with van der Waals surface area (Å²) >= 11 is 0. The quantitative estimate of drug-likeness (QED) is 0.839. The highest BCUT2D eigenvalue weighted by molar-refractivity contribution is 5.91. The minimum absolute atomic E-state index is 0.0559. The van der Waals surface area contributed by atoms with E-state index >= 15 is 0 Å². The Morgan fingerprint density at radius 2 is 1.92 bits per heavy atom. The van der Waals surface area contributed by atoms with Crippen molar-refractivity contribution in [3.8, 4) is 0 Å². The van der Waals surface area contributed by atoms with E-state index in [2.05, 4.69) is 19.9 Å². The van der Waals surface area contributed by atoms with Crippen LogP contribution in [0, 0.1) is 5.41 Å². The van der Waals surface area contributed by atoms with Crippen LogP contribution >= 0.6 is 0 Å². The minimum Gasteiger partial charge on any atom is -0.438 e. The van der Waals surface area contributed by atoms with Crippen LogP contribution in [-0.2, 0) is 0 Å². The fraction of sp³-hybridized carbons (Fsp3) is 0.529. The predicted molar refractivity (Wildman–Crippen MR) is 87.6 cm³/mol. The molecular weight excluding hydrogens is 306 g/mol. The first kappa shape index (κ1) is 15.1. The number of hydrogen-bond donors (Lipinski definition) is 0. The van der Waals surface area contributed by atoms with Gasteiger partial charge in [0.15, 0.2) is 6.39 Å². The third kappa shape index (κ3) is 2.86. The van der Waals surface area contributed by atoms with Crippen LogP contribution in [-0.4, -0.2) is 51.9 Å². The van der Waals surface area contributed by atoms with Crippen molar-refractivity contribution in [1.82, 2.24) is 19.9 Å². The highest BCUT2D eigenvalue weighted by atomic mass is 16.3. The largest absolute Gasteiger partial charge is 0.438 e. The second-order valence-corrected chi connectivity index (χ2v) is 6.77. The van der Waals surface area contributed by atoms with Gasteiger partial charge >= 0.3 is 0 Å². The monoisotopic (exact) mass is 327 g/mol. The smallest absolute Gasteiger partial charge is 0.291 e. The lowest BCUT2D eigenvalue weighted by molar-refractivity contribution is 0.0438. The molecule has 1 atom stereocenters. The molecule has 2 aromatic rings. The van der Waals surface area contributed by atoms with E-state index in [9.17, 15) is 4.79 Å². The highest BCUT2D eigenvalue weighted by Gasteiger charge is 2.41. The number of hydrogen-bond acceptors (Lipinski definition) is 6. The second kappa shape index (κ2) is 6.22. The Kier molecular flexibility index (Phi) is 3.92. The Labute approximate surface area is 140 Å². The van der Waals surface area contributed by atoms with Gasteiger partial charge in [0.25, 0.3) is 5.91 Å². The Hall–Kier alpha value is -2.44. The van der Waals surface area contributed by atoms with Crippen molar-refractivity contribution in [2.75, 3.05) is 31.1 Å². The number of piperidine rings is 2. The average Bonchev–Trinajstić information content (AvgIpc) is 3.17. The van der Waals surface area contributed by atoms with Crippen LogP contribution in [0.1, 0.15) is 36.2 Å². The average molecular weight is 327 g/mol. The second-order valence-electron chi connectivity index (χ2n) is 6.77. The first-order chi connectivity index (χ1) is 11.8. The number of likely N-dealkylation sites (tertiary alicyclic amines) is 1. The third-order valence-electron chi connectivity index (χ3n) is 5.09. The number of anilines is 1. The number of carbonyl (C=O) groups excluding carboxylic acids is 1. The molecule has 0 radical (unpaired) electrons. The molecule has 7 nitrogen and oxygen atoms in total. The molecule has 0 saturated carbocycles. The van der Waals surface area contributed by atoms with Gasteiger partial charge in [-0.1, -0.05) is 0 Å². The molecule has 2 aliphatic heterocycles. The van der Waals surface area contributed by atoms with Gasteiger partial charge < -0.3 is 14.2 Å². The molecular formula is C17H21N5O2. The summed E-state index contributed by atoms with van der Waals surface area (Å²) in [5.74, 6) is 1.06. The molecule has 0 aromatic carbocycles. The maximum absolute atomic E-state index is 12.6. The number of aromatic nitrogens is 3. The zero-order valence-electron chi connectivity index (χ0n) is 13.6. The van der Waals surface area contributed by atoms with Gasteiger partial charge in [0.05, 0.1) is 6.20 Å². The Bertz CT molecular complexity index is 686. The van der Waals surface area contributed by atoms with Crippen molar-refractivity contribution in [3.63, 3.8) is 0 Å². The molecule has 2 saturated heterocycles. The fourth-order valence-electron chi connectivity index (χ4n) is 4.02. The lowest BCUT2D eigenvalue weighted by atomic mass is 9.73. The lowest BCUT2D eigenvalue weighted by Crippen LogP contribution is -2.54. The molecule has 126 valence electrons. The number of amides is 1. The normalized spacial score (nSPS) is 24.3. The molecule has 1 unspecified atom stereocenters. The van der Waals surface area contributed by atoms with Crippen molar-refractivity contribution in [3.05, 3.63) is 36.8 Å². The van der Waals surface area contributed by atoms with Crippen molar-refractivity contribution in [2.45, 2.75) is 25.7 Å². The molecule has 2 aliphatic rings. The predicted octanol–water partition coefficient (Wildman–Crippen LogP) is 1.99. The van der Waals surface area contributed by atoms with Crippen LogP contribution in [0.5, 0.6) is 0 Å². The summed E-state index contributed by atoms with van der Waals surface area (Å²) in [6.45, 7) is 3.41. The van der Waals surface area contributed by atoms with Gasteiger partial charge in [-0.05, 0) is 31.7 Å². The van der Waals surface area contributed by atoms with Crippen LogP contribution in [0.2, 0.25) is 0 Å². The van der Waals surface area contributed by atoms with Crippen molar-refractivity contribution >= 4 is 11.9 Å². The maximum atomic E-state index is 12.6. The van der Waals surface area contributed by atoms with Gasteiger partial charge in [-0.2, -0.15) is 0 Å². The van der Waals surface area contributed by atoms with Gasteiger partial charge in [0.2, 0.25) is 11.7 Å². The van der Waals surface area contributed by atoms with Gasteiger partial charge in [-0.25, -0.2) is 15.0 Å². The summed E-state index contributed by atoms with van der Waals surface area (Å²) in [6, 6.07) is 1.83. The summed E-state index contributed by atoms with van der Waals surface area (Å²) in [5.41, 5.74) is 0.116. The van der Waals surface area contributed by atoms with E-state index < -0.39 is 0 Å². The topological polar surface area (TPSA) is 75.4 Å². The summed E-state index contributed by atoms with van der Waals surface area (Å²) in [7, 11) is 0. The van der Waals surface area contributed by atoms with E-state index in [1.54, 1.807) is 12.4 Å². The maximum Gasteiger partial charge on any atom is 0.291 e. The van der Waals surface area contributed by atoms with Crippen LogP contribution in [0.15, 0.2) is 35.5 Å². The van der Waals surface area contributed by atoms with Crippen molar-refractivity contribution in [2.24, 2.45) is 5.41 Å². The van der Waals surface area contributed by atoms with E-state index in [1.807, 2.05) is 11.0 Å². The van der Waals surface area contributed by atoms with Gasteiger partial charge in [0.1, 0.15) is 0 Å². The van der Waals surface area contributed by atoms with E-state index in [1.165, 1.54) is 12.6 Å². The number of oxazole rings is 1.